The quantitative estimate of drug-likeness (QED) is 0.696. The van der Waals surface area contributed by atoms with Crippen molar-refractivity contribution in [1.29, 1.82) is 0 Å². The Hall–Kier alpha value is -1.32. The molecule has 0 fully saturated rings. The molecule has 0 aliphatic carbocycles. The van der Waals surface area contributed by atoms with Gasteiger partial charge in [0.25, 0.3) is 5.92 Å². The summed E-state index contributed by atoms with van der Waals surface area (Å²) in [5, 5.41) is 0. The number of nitrogens with zero attached hydrogens (tertiary/aromatic N) is 1. The Balaban J connectivity index is 2.48. The third-order valence-electron chi connectivity index (χ3n) is 2.20. The molecule has 0 spiro atoms. The van der Waals surface area contributed by atoms with Gasteiger partial charge >= 0.3 is 0 Å². The highest BCUT2D eigenvalue weighted by Crippen LogP contribution is 2.26. The molecule has 4 heteroatoms. The molecule has 0 N–H and O–H groups in total. The summed E-state index contributed by atoms with van der Waals surface area (Å²) >= 11 is 0. The molecular weight excluding hydrogens is 212 g/mol. The number of halogens is 2. The zero-order chi connectivity index (χ0) is 12.0. The van der Waals surface area contributed by atoms with Gasteiger partial charge in [-0.1, -0.05) is 6.07 Å². The van der Waals surface area contributed by atoms with E-state index in [0.717, 1.165) is 0 Å². The highest BCUT2D eigenvalue weighted by Gasteiger charge is 2.29. The molecule has 1 aromatic heterocycles. The predicted octanol–water partition coefficient (Wildman–Crippen LogP) is 2.57. The lowest BCUT2D eigenvalue weighted by atomic mass is 9.99. The van der Waals surface area contributed by atoms with Gasteiger partial charge in [0.15, 0.2) is 0 Å². The number of hydrogen-bond donors (Lipinski definition) is 0. The van der Waals surface area contributed by atoms with Gasteiger partial charge in [0.2, 0.25) is 0 Å². The monoisotopic (exact) mass is 225 g/mol. The highest BCUT2D eigenvalue weighted by molar-refractivity contribution is 5.54. The fraction of sp³-hybridized carbons (Fsp3) is 0.417. The molecule has 16 heavy (non-hydrogen) atoms. The Morgan fingerprint density at radius 1 is 1.56 bits per heavy atom. The van der Waals surface area contributed by atoms with Crippen molar-refractivity contribution < 1.29 is 13.6 Å². The Labute approximate surface area is 93.7 Å². The third kappa shape index (κ3) is 4.47. The molecule has 2 nitrogen and oxygen atoms in total. The molecule has 1 aromatic rings. The number of aldehydes is 1. The average molecular weight is 225 g/mol. The molecule has 0 saturated carbocycles. The van der Waals surface area contributed by atoms with Crippen molar-refractivity contribution in [3.8, 4) is 0 Å². The maximum atomic E-state index is 13.4. The zero-order valence-corrected chi connectivity index (χ0v) is 8.77. The Morgan fingerprint density at radius 3 is 2.88 bits per heavy atom. The molecule has 1 heterocycles. The number of aromatic nitrogens is 1. The summed E-state index contributed by atoms with van der Waals surface area (Å²) in [4.78, 5) is 14.0. The largest absolute Gasteiger partial charge is 0.303 e. The van der Waals surface area contributed by atoms with Crippen molar-refractivity contribution in [2.24, 2.45) is 5.92 Å². The van der Waals surface area contributed by atoms with Crippen molar-refractivity contribution in [1.82, 2.24) is 4.98 Å². The van der Waals surface area contributed by atoms with E-state index in [4.69, 9.17) is 6.92 Å². The van der Waals surface area contributed by atoms with Crippen molar-refractivity contribution in [3.63, 3.8) is 0 Å². The fourth-order valence-corrected chi connectivity index (χ4v) is 1.34. The van der Waals surface area contributed by atoms with Gasteiger partial charge in [-0.15, -0.1) is 0 Å². The summed E-state index contributed by atoms with van der Waals surface area (Å²) in [6.45, 7) is 5.26. The Bertz CT molecular complexity index is 327. The van der Waals surface area contributed by atoms with Gasteiger partial charge in [-0.25, -0.2) is 8.78 Å². The van der Waals surface area contributed by atoms with Crippen LogP contribution in [0, 0.1) is 12.8 Å². The minimum absolute atomic E-state index is 0.00321. The van der Waals surface area contributed by atoms with Crippen LogP contribution < -0.4 is 0 Å². The SMILES string of the molecule is [CH][C@H](C=O)CCC(F)(F)Cc1cccnc1. The maximum Gasteiger partial charge on any atom is 0.252 e. The van der Waals surface area contributed by atoms with Gasteiger partial charge in [-0.05, 0) is 25.0 Å². The van der Waals surface area contributed by atoms with E-state index in [0.29, 0.717) is 11.8 Å². The molecule has 0 aliphatic rings. The minimum Gasteiger partial charge on any atom is -0.303 e. The first kappa shape index (κ1) is 12.7. The average Bonchev–Trinajstić information content (AvgIpc) is 2.27. The van der Waals surface area contributed by atoms with E-state index in [-0.39, 0.29) is 19.3 Å². The lowest BCUT2D eigenvalue weighted by Crippen LogP contribution is -2.20. The number of carbonyl (C=O) groups is 1. The Morgan fingerprint density at radius 2 is 2.31 bits per heavy atom. The van der Waals surface area contributed by atoms with Gasteiger partial charge in [0.05, 0.1) is 0 Å². The predicted molar refractivity (Wildman–Crippen MR) is 56.0 cm³/mol. The first-order chi connectivity index (χ1) is 7.53. The van der Waals surface area contributed by atoms with Crippen LogP contribution in [0.2, 0.25) is 0 Å². The molecule has 2 radical (unpaired) electrons. The number of rotatable bonds is 6. The molecule has 0 unspecified atom stereocenters. The van der Waals surface area contributed by atoms with Gasteiger partial charge in [0, 0.05) is 31.2 Å². The summed E-state index contributed by atoms with van der Waals surface area (Å²) in [6, 6.07) is 3.21. The van der Waals surface area contributed by atoms with E-state index in [1.807, 2.05) is 0 Å². The van der Waals surface area contributed by atoms with Crippen LogP contribution in [-0.2, 0) is 11.2 Å². The summed E-state index contributed by atoms with van der Waals surface area (Å²) in [5.41, 5.74) is 0.479. The van der Waals surface area contributed by atoms with Crippen LogP contribution in [0.4, 0.5) is 8.78 Å². The molecule has 1 atom stereocenters. The smallest absolute Gasteiger partial charge is 0.252 e. The van der Waals surface area contributed by atoms with Crippen LogP contribution in [0.1, 0.15) is 18.4 Å². The van der Waals surface area contributed by atoms with Crippen LogP contribution in [0.15, 0.2) is 24.5 Å². The van der Waals surface area contributed by atoms with E-state index in [2.05, 4.69) is 4.98 Å². The van der Waals surface area contributed by atoms with E-state index in [1.165, 1.54) is 12.4 Å². The highest BCUT2D eigenvalue weighted by atomic mass is 19.3. The minimum atomic E-state index is -2.84. The van der Waals surface area contributed by atoms with Crippen molar-refractivity contribution in [2.75, 3.05) is 0 Å². The molecule has 0 saturated heterocycles. The van der Waals surface area contributed by atoms with E-state index in [9.17, 15) is 13.6 Å². The van der Waals surface area contributed by atoms with Crippen LogP contribution in [0.25, 0.3) is 0 Å². The van der Waals surface area contributed by atoms with Crippen LogP contribution in [0.3, 0.4) is 0 Å². The van der Waals surface area contributed by atoms with Gasteiger partial charge in [-0.2, -0.15) is 0 Å². The topological polar surface area (TPSA) is 30.0 Å². The number of pyridine rings is 1. The normalized spacial score (nSPS) is 13.4. The van der Waals surface area contributed by atoms with Crippen LogP contribution >= 0.6 is 0 Å². The second-order valence-electron chi connectivity index (χ2n) is 3.73. The first-order valence-corrected chi connectivity index (χ1v) is 5.01. The number of alkyl halides is 2. The molecule has 1 rings (SSSR count). The van der Waals surface area contributed by atoms with Gasteiger partial charge in [0.1, 0.15) is 6.29 Å². The van der Waals surface area contributed by atoms with Crippen molar-refractivity contribution in [2.45, 2.75) is 25.2 Å². The molecule has 0 bridgehead atoms. The second-order valence-corrected chi connectivity index (χ2v) is 3.73. The summed E-state index contributed by atoms with van der Waals surface area (Å²) in [6.07, 6.45) is 2.67. The van der Waals surface area contributed by atoms with Gasteiger partial charge in [-0.3, -0.25) is 4.98 Å². The molecule has 0 aliphatic heterocycles. The van der Waals surface area contributed by atoms with Crippen LogP contribution in [-0.4, -0.2) is 17.2 Å². The summed E-state index contributed by atoms with van der Waals surface area (Å²) in [5.74, 6) is -3.65. The fourth-order valence-electron chi connectivity index (χ4n) is 1.34. The second kappa shape index (κ2) is 5.68. The Kier molecular flexibility index (Phi) is 4.52. The lowest BCUT2D eigenvalue weighted by Gasteiger charge is -2.16. The van der Waals surface area contributed by atoms with E-state index >= 15 is 0 Å². The van der Waals surface area contributed by atoms with E-state index < -0.39 is 11.8 Å². The summed E-state index contributed by atoms with van der Waals surface area (Å²) in [7, 11) is 0. The number of hydrogen-bond acceptors (Lipinski definition) is 2. The maximum absolute atomic E-state index is 13.4. The molecule has 86 valence electrons. The number of carbonyl (C=O) groups excluding carboxylic acids is 1. The molecule has 0 amide bonds. The summed E-state index contributed by atoms with van der Waals surface area (Å²) < 4.78 is 26.8. The van der Waals surface area contributed by atoms with Crippen molar-refractivity contribution in [3.05, 3.63) is 37.0 Å². The van der Waals surface area contributed by atoms with Crippen LogP contribution in [0.5, 0.6) is 0 Å². The zero-order valence-electron chi connectivity index (χ0n) is 8.77. The van der Waals surface area contributed by atoms with E-state index in [1.54, 1.807) is 12.1 Å². The first-order valence-electron chi connectivity index (χ1n) is 5.01. The van der Waals surface area contributed by atoms with Crippen molar-refractivity contribution >= 4 is 6.29 Å². The third-order valence-corrected chi connectivity index (χ3v) is 2.20. The standard InChI is InChI=1S/C12H13F2NO/c1-10(9-16)4-5-12(13,14)7-11-3-2-6-15-8-11/h1-3,6,8-10H,4-5,7H2/t10-/m0/s1. The van der Waals surface area contributed by atoms with Gasteiger partial charge < -0.3 is 4.79 Å². The lowest BCUT2D eigenvalue weighted by molar-refractivity contribution is -0.110. The molecular formula is C12H13F2NO. The molecule has 0 aromatic carbocycles.